The lowest BCUT2D eigenvalue weighted by atomic mass is 10.0. The fourth-order valence-electron chi connectivity index (χ4n) is 2.51. The molecule has 4 heteroatoms. The lowest BCUT2D eigenvalue weighted by Crippen LogP contribution is -2.34. The van der Waals surface area contributed by atoms with Crippen molar-refractivity contribution in [2.24, 2.45) is 0 Å². The van der Waals surface area contributed by atoms with Gasteiger partial charge in [0.25, 0.3) is 0 Å². The summed E-state index contributed by atoms with van der Waals surface area (Å²) in [6, 6.07) is 5.45. The molecule has 0 saturated heterocycles. The van der Waals surface area contributed by atoms with Gasteiger partial charge in [-0.15, -0.1) is 0 Å². The molecule has 1 aromatic rings. The van der Waals surface area contributed by atoms with E-state index in [1.165, 1.54) is 6.07 Å². The molecule has 3 nitrogen and oxygen atoms in total. The van der Waals surface area contributed by atoms with Crippen LogP contribution in [0.5, 0.6) is 0 Å². The Morgan fingerprint density at radius 1 is 1.30 bits per heavy atom. The SMILES string of the molecule is CCNC(C)c1c(F)cccc1N(CCCO)C(C)C. The zero-order chi connectivity index (χ0) is 15.1. The first-order chi connectivity index (χ1) is 9.52. The molecule has 1 atom stereocenters. The van der Waals surface area contributed by atoms with Crippen LogP contribution in [0.1, 0.15) is 45.7 Å². The Morgan fingerprint density at radius 2 is 2.00 bits per heavy atom. The summed E-state index contributed by atoms with van der Waals surface area (Å²) in [5.74, 6) is -0.175. The zero-order valence-corrected chi connectivity index (χ0v) is 13.0. The van der Waals surface area contributed by atoms with Crippen molar-refractivity contribution >= 4 is 5.69 Å². The minimum Gasteiger partial charge on any atom is -0.396 e. The molecule has 20 heavy (non-hydrogen) atoms. The fourth-order valence-corrected chi connectivity index (χ4v) is 2.51. The van der Waals surface area contributed by atoms with Gasteiger partial charge in [-0.2, -0.15) is 0 Å². The summed E-state index contributed by atoms with van der Waals surface area (Å²) in [4.78, 5) is 2.16. The summed E-state index contributed by atoms with van der Waals surface area (Å²) in [5, 5.41) is 12.3. The van der Waals surface area contributed by atoms with Crippen LogP contribution < -0.4 is 10.2 Å². The van der Waals surface area contributed by atoms with Gasteiger partial charge in [0.15, 0.2) is 0 Å². The molecular formula is C16H27FN2O. The minimum absolute atomic E-state index is 0.0356. The molecule has 0 heterocycles. The molecule has 0 amide bonds. The van der Waals surface area contributed by atoms with E-state index in [-0.39, 0.29) is 24.5 Å². The number of anilines is 1. The average Bonchev–Trinajstić information content (AvgIpc) is 2.39. The van der Waals surface area contributed by atoms with Crippen LogP contribution in [0.25, 0.3) is 0 Å². The Bertz CT molecular complexity index is 409. The molecule has 0 aliphatic carbocycles. The number of aliphatic hydroxyl groups excluding tert-OH is 1. The predicted molar refractivity (Wildman–Crippen MR) is 82.7 cm³/mol. The predicted octanol–water partition coefficient (Wildman–Crippen LogP) is 3.09. The van der Waals surface area contributed by atoms with E-state index in [2.05, 4.69) is 24.1 Å². The summed E-state index contributed by atoms with van der Waals surface area (Å²) in [6.07, 6.45) is 0.684. The highest BCUT2D eigenvalue weighted by molar-refractivity contribution is 5.56. The second-order valence-electron chi connectivity index (χ2n) is 5.32. The van der Waals surface area contributed by atoms with Crippen LogP contribution in [0.2, 0.25) is 0 Å². The minimum atomic E-state index is -0.175. The van der Waals surface area contributed by atoms with Crippen LogP contribution >= 0.6 is 0 Å². The maximum absolute atomic E-state index is 14.3. The quantitative estimate of drug-likeness (QED) is 0.769. The van der Waals surface area contributed by atoms with Crippen LogP contribution in [-0.4, -0.2) is 30.8 Å². The van der Waals surface area contributed by atoms with Gasteiger partial charge in [0.1, 0.15) is 5.82 Å². The van der Waals surface area contributed by atoms with Gasteiger partial charge < -0.3 is 15.3 Å². The molecular weight excluding hydrogens is 255 g/mol. The van der Waals surface area contributed by atoms with E-state index in [9.17, 15) is 4.39 Å². The Labute approximate surface area is 121 Å². The Morgan fingerprint density at radius 3 is 2.55 bits per heavy atom. The molecule has 0 fully saturated rings. The summed E-state index contributed by atoms with van der Waals surface area (Å²) in [6.45, 7) is 9.85. The molecule has 2 N–H and O–H groups in total. The molecule has 0 aliphatic heterocycles. The van der Waals surface area contributed by atoms with Gasteiger partial charge in [0, 0.05) is 36.5 Å². The van der Waals surface area contributed by atoms with E-state index in [1.54, 1.807) is 6.07 Å². The Balaban J connectivity index is 3.16. The van der Waals surface area contributed by atoms with E-state index in [1.807, 2.05) is 19.9 Å². The number of nitrogens with one attached hydrogen (secondary N) is 1. The fraction of sp³-hybridized carbons (Fsp3) is 0.625. The largest absolute Gasteiger partial charge is 0.396 e. The third-order valence-corrected chi connectivity index (χ3v) is 3.46. The highest BCUT2D eigenvalue weighted by Crippen LogP contribution is 2.30. The van der Waals surface area contributed by atoms with E-state index < -0.39 is 0 Å². The number of halogens is 1. The van der Waals surface area contributed by atoms with Gasteiger partial charge in [-0.05, 0) is 45.9 Å². The van der Waals surface area contributed by atoms with Gasteiger partial charge in [-0.25, -0.2) is 4.39 Å². The van der Waals surface area contributed by atoms with Crippen LogP contribution in [-0.2, 0) is 0 Å². The molecule has 0 aliphatic rings. The molecule has 0 bridgehead atoms. The smallest absolute Gasteiger partial charge is 0.130 e. The van der Waals surface area contributed by atoms with Crippen molar-refractivity contribution in [1.82, 2.24) is 5.32 Å². The molecule has 0 saturated carbocycles. The van der Waals surface area contributed by atoms with Crippen molar-refractivity contribution in [1.29, 1.82) is 0 Å². The molecule has 1 aromatic carbocycles. The average molecular weight is 282 g/mol. The van der Waals surface area contributed by atoms with Crippen LogP contribution in [0.4, 0.5) is 10.1 Å². The van der Waals surface area contributed by atoms with Gasteiger partial charge in [0.2, 0.25) is 0 Å². The van der Waals surface area contributed by atoms with Gasteiger partial charge >= 0.3 is 0 Å². The lowest BCUT2D eigenvalue weighted by molar-refractivity contribution is 0.288. The topological polar surface area (TPSA) is 35.5 Å². The first-order valence-electron chi connectivity index (χ1n) is 7.42. The van der Waals surface area contributed by atoms with E-state index in [0.29, 0.717) is 12.0 Å². The normalized spacial score (nSPS) is 12.8. The van der Waals surface area contributed by atoms with E-state index >= 15 is 0 Å². The summed E-state index contributed by atoms with van der Waals surface area (Å²) >= 11 is 0. The molecule has 0 aromatic heterocycles. The molecule has 0 radical (unpaired) electrons. The van der Waals surface area contributed by atoms with Crippen LogP contribution in [0, 0.1) is 5.82 Å². The third kappa shape index (κ3) is 4.18. The second kappa shape index (κ2) is 8.22. The Hall–Kier alpha value is -1.13. The first kappa shape index (κ1) is 16.9. The number of rotatable bonds is 8. The number of hydrogen-bond donors (Lipinski definition) is 2. The van der Waals surface area contributed by atoms with Crippen LogP contribution in [0.15, 0.2) is 18.2 Å². The number of nitrogens with zero attached hydrogens (tertiary/aromatic N) is 1. The number of benzene rings is 1. The highest BCUT2D eigenvalue weighted by Gasteiger charge is 2.20. The van der Waals surface area contributed by atoms with Crippen molar-refractivity contribution in [3.8, 4) is 0 Å². The van der Waals surface area contributed by atoms with Gasteiger partial charge in [-0.1, -0.05) is 13.0 Å². The number of aliphatic hydroxyl groups is 1. The van der Waals surface area contributed by atoms with Crippen molar-refractivity contribution in [3.05, 3.63) is 29.6 Å². The zero-order valence-electron chi connectivity index (χ0n) is 13.0. The Kier molecular flexibility index (Phi) is 6.96. The molecule has 0 spiro atoms. The van der Waals surface area contributed by atoms with E-state index in [0.717, 1.165) is 18.8 Å². The number of hydrogen-bond acceptors (Lipinski definition) is 3. The van der Waals surface area contributed by atoms with Crippen LogP contribution in [0.3, 0.4) is 0 Å². The van der Waals surface area contributed by atoms with Crippen molar-refractivity contribution in [2.45, 2.75) is 46.2 Å². The third-order valence-electron chi connectivity index (χ3n) is 3.46. The maximum Gasteiger partial charge on any atom is 0.130 e. The van der Waals surface area contributed by atoms with Gasteiger partial charge in [-0.3, -0.25) is 0 Å². The van der Waals surface area contributed by atoms with Crippen molar-refractivity contribution in [2.75, 3.05) is 24.6 Å². The monoisotopic (exact) mass is 282 g/mol. The standard InChI is InChI=1S/C16H27FN2O/c1-5-18-13(4)16-14(17)8-6-9-15(16)19(12(2)3)10-7-11-20/h6,8-9,12-13,18,20H,5,7,10-11H2,1-4H3. The van der Waals surface area contributed by atoms with Gasteiger partial charge in [0.05, 0.1) is 0 Å². The summed E-state index contributed by atoms with van der Waals surface area (Å²) in [5.41, 5.74) is 1.63. The van der Waals surface area contributed by atoms with Crippen molar-refractivity contribution in [3.63, 3.8) is 0 Å². The molecule has 1 rings (SSSR count). The van der Waals surface area contributed by atoms with E-state index in [4.69, 9.17) is 5.11 Å². The first-order valence-corrected chi connectivity index (χ1v) is 7.42. The lowest BCUT2D eigenvalue weighted by Gasteiger charge is -2.32. The molecule has 1 unspecified atom stereocenters. The maximum atomic E-state index is 14.3. The van der Waals surface area contributed by atoms with Crippen molar-refractivity contribution < 1.29 is 9.50 Å². The highest BCUT2D eigenvalue weighted by atomic mass is 19.1. The molecule has 114 valence electrons. The second-order valence-corrected chi connectivity index (χ2v) is 5.32. The summed E-state index contributed by atoms with van der Waals surface area (Å²) < 4.78 is 14.3. The summed E-state index contributed by atoms with van der Waals surface area (Å²) in [7, 11) is 0.